The van der Waals surface area contributed by atoms with E-state index < -0.39 is 24.0 Å². The average Bonchev–Trinajstić information content (AvgIpc) is 2.45. The Hall–Kier alpha value is -1.88. The molecule has 1 rings (SSSR count). The van der Waals surface area contributed by atoms with Gasteiger partial charge >= 0.3 is 11.9 Å². The van der Waals surface area contributed by atoms with Crippen molar-refractivity contribution in [2.24, 2.45) is 5.92 Å². The van der Waals surface area contributed by atoms with Crippen molar-refractivity contribution in [3.05, 3.63) is 35.9 Å². The molecule has 0 aromatic heterocycles. The molecule has 0 aliphatic carbocycles. The fraction of sp³-hybridized carbons (Fsp3) is 0.467. The lowest BCUT2D eigenvalue weighted by molar-refractivity contribution is -0.166. The summed E-state index contributed by atoms with van der Waals surface area (Å²) in [4.78, 5) is 23.5. The molecule has 0 heterocycles. The van der Waals surface area contributed by atoms with E-state index in [4.69, 9.17) is 9.47 Å². The van der Waals surface area contributed by atoms with Crippen LogP contribution in [0.25, 0.3) is 0 Å². The Balaban J connectivity index is 2.84. The molecule has 1 aromatic carbocycles. The Labute approximate surface area is 118 Å². The molecule has 0 radical (unpaired) electrons. The van der Waals surface area contributed by atoms with Gasteiger partial charge in [-0.15, -0.1) is 0 Å². The van der Waals surface area contributed by atoms with Gasteiger partial charge in [-0.3, -0.25) is 4.79 Å². The first-order chi connectivity index (χ1) is 9.60. The van der Waals surface area contributed by atoms with Gasteiger partial charge in [0.1, 0.15) is 0 Å². The molecule has 0 bridgehead atoms. The third-order valence-electron chi connectivity index (χ3n) is 2.80. The fourth-order valence-corrected chi connectivity index (χ4v) is 1.83. The van der Waals surface area contributed by atoms with Crippen molar-refractivity contribution in [1.29, 1.82) is 0 Å². The molecule has 1 N–H and O–H groups in total. The molecular weight excluding hydrogens is 260 g/mol. The molecule has 20 heavy (non-hydrogen) atoms. The normalized spacial score (nSPS) is 13.3. The van der Waals surface area contributed by atoms with Crippen LogP contribution in [0.4, 0.5) is 0 Å². The van der Waals surface area contributed by atoms with Crippen molar-refractivity contribution in [2.75, 3.05) is 13.2 Å². The zero-order valence-electron chi connectivity index (χ0n) is 11.7. The second kappa shape index (κ2) is 8.32. The highest BCUT2D eigenvalue weighted by molar-refractivity contribution is 5.83. The van der Waals surface area contributed by atoms with Gasteiger partial charge in [-0.05, 0) is 25.8 Å². The molecular formula is C15H20O5. The molecule has 0 saturated carbocycles. The first kappa shape index (κ1) is 16.2. The molecule has 110 valence electrons. The van der Waals surface area contributed by atoms with Crippen LogP contribution in [-0.2, 0) is 25.5 Å². The molecule has 0 saturated heterocycles. The van der Waals surface area contributed by atoms with Gasteiger partial charge in [-0.1, -0.05) is 30.3 Å². The number of hydrogen-bond acceptors (Lipinski definition) is 5. The number of hydrogen-bond donors (Lipinski definition) is 1. The van der Waals surface area contributed by atoms with Gasteiger partial charge in [0.15, 0.2) is 6.10 Å². The zero-order valence-corrected chi connectivity index (χ0v) is 11.7. The minimum Gasteiger partial charge on any atom is -0.466 e. The number of aliphatic hydroxyl groups excluding tert-OH is 1. The van der Waals surface area contributed by atoms with Crippen molar-refractivity contribution in [3.8, 4) is 0 Å². The van der Waals surface area contributed by atoms with E-state index in [0.29, 0.717) is 0 Å². The fourth-order valence-electron chi connectivity index (χ4n) is 1.83. The monoisotopic (exact) mass is 280 g/mol. The topological polar surface area (TPSA) is 72.8 Å². The van der Waals surface area contributed by atoms with E-state index in [0.717, 1.165) is 5.56 Å². The molecule has 0 aliphatic heterocycles. The maximum absolute atomic E-state index is 11.9. The molecule has 0 aliphatic rings. The van der Waals surface area contributed by atoms with Crippen LogP contribution >= 0.6 is 0 Å². The van der Waals surface area contributed by atoms with E-state index in [1.54, 1.807) is 13.8 Å². The third kappa shape index (κ3) is 4.66. The van der Waals surface area contributed by atoms with Crippen molar-refractivity contribution in [3.63, 3.8) is 0 Å². The number of esters is 2. The largest absolute Gasteiger partial charge is 0.466 e. The summed E-state index contributed by atoms with van der Waals surface area (Å²) in [5, 5.41) is 9.99. The van der Waals surface area contributed by atoms with Crippen LogP contribution in [-0.4, -0.2) is 36.4 Å². The van der Waals surface area contributed by atoms with Crippen molar-refractivity contribution in [2.45, 2.75) is 26.4 Å². The summed E-state index contributed by atoms with van der Waals surface area (Å²) in [6, 6.07) is 9.15. The van der Waals surface area contributed by atoms with E-state index >= 15 is 0 Å². The lowest BCUT2D eigenvalue weighted by atomic mass is 9.94. The first-order valence-electron chi connectivity index (χ1n) is 6.65. The minimum absolute atomic E-state index is 0.150. The lowest BCUT2D eigenvalue weighted by Gasteiger charge is -2.20. The van der Waals surface area contributed by atoms with Crippen molar-refractivity contribution >= 4 is 11.9 Å². The second-order valence-corrected chi connectivity index (χ2v) is 4.25. The summed E-state index contributed by atoms with van der Waals surface area (Å²) >= 11 is 0. The quantitative estimate of drug-likeness (QED) is 0.763. The van der Waals surface area contributed by atoms with Crippen molar-refractivity contribution in [1.82, 2.24) is 0 Å². The molecule has 0 unspecified atom stereocenters. The van der Waals surface area contributed by atoms with Gasteiger partial charge < -0.3 is 14.6 Å². The maximum atomic E-state index is 11.9. The smallest absolute Gasteiger partial charge is 0.335 e. The second-order valence-electron chi connectivity index (χ2n) is 4.25. The zero-order chi connectivity index (χ0) is 15.0. The summed E-state index contributed by atoms with van der Waals surface area (Å²) in [5.74, 6) is -2.37. The van der Waals surface area contributed by atoms with Crippen molar-refractivity contribution < 1.29 is 24.2 Å². The van der Waals surface area contributed by atoms with Crippen LogP contribution < -0.4 is 0 Å². The standard InChI is InChI=1S/C15H20O5/c1-3-19-14(17)12(13(16)15(18)20-4-2)10-11-8-6-5-7-9-11/h5-9,12-13,16H,3-4,10H2,1-2H3/t12-,13+/m0/s1. The number of aliphatic hydroxyl groups is 1. The number of benzene rings is 1. The lowest BCUT2D eigenvalue weighted by Crippen LogP contribution is -2.38. The van der Waals surface area contributed by atoms with Crippen LogP contribution in [0.15, 0.2) is 30.3 Å². The highest BCUT2D eigenvalue weighted by Crippen LogP contribution is 2.16. The molecule has 0 amide bonds. The van der Waals surface area contributed by atoms with Gasteiger partial charge in [-0.2, -0.15) is 0 Å². The molecule has 1 aromatic rings. The summed E-state index contributed by atoms with van der Waals surface area (Å²) in [5.41, 5.74) is 0.842. The first-order valence-corrected chi connectivity index (χ1v) is 6.65. The molecule has 0 fully saturated rings. The highest BCUT2D eigenvalue weighted by Gasteiger charge is 2.34. The van der Waals surface area contributed by atoms with Crippen LogP contribution in [0.5, 0.6) is 0 Å². The Morgan fingerprint density at radius 1 is 1.05 bits per heavy atom. The average molecular weight is 280 g/mol. The van der Waals surface area contributed by atoms with E-state index in [-0.39, 0.29) is 19.6 Å². The van der Waals surface area contributed by atoms with E-state index in [1.165, 1.54) is 0 Å². The van der Waals surface area contributed by atoms with E-state index in [2.05, 4.69) is 0 Å². The van der Waals surface area contributed by atoms with Gasteiger partial charge in [0, 0.05) is 0 Å². The van der Waals surface area contributed by atoms with Crippen LogP contribution in [0.3, 0.4) is 0 Å². The summed E-state index contributed by atoms with van der Waals surface area (Å²) in [6.07, 6.45) is -1.30. The van der Waals surface area contributed by atoms with Crippen LogP contribution in [0.1, 0.15) is 19.4 Å². The Morgan fingerprint density at radius 2 is 1.60 bits per heavy atom. The predicted molar refractivity (Wildman–Crippen MR) is 72.9 cm³/mol. The van der Waals surface area contributed by atoms with Gasteiger partial charge in [0.25, 0.3) is 0 Å². The predicted octanol–water partition coefficient (Wildman–Crippen LogP) is 1.33. The summed E-state index contributed by atoms with van der Waals surface area (Å²) in [7, 11) is 0. The molecule has 5 nitrogen and oxygen atoms in total. The van der Waals surface area contributed by atoms with Gasteiger partial charge in [-0.25, -0.2) is 4.79 Å². The highest BCUT2D eigenvalue weighted by atomic mass is 16.6. The number of rotatable bonds is 7. The minimum atomic E-state index is -1.52. The molecule has 2 atom stereocenters. The molecule has 5 heteroatoms. The van der Waals surface area contributed by atoms with Crippen LogP contribution in [0.2, 0.25) is 0 Å². The maximum Gasteiger partial charge on any atom is 0.335 e. The molecule has 0 spiro atoms. The van der Waals surface area contributed by atoms with E-state index in [9.17, 15) is 14.7 Å². The Bertz CT molecular complexity index is 429. The van der Waals surface area contributed by atoms with Crippen LogP contribution in [0, 0.1) is 5.92 Å². The summed E-state index contributed by atoms with van der Waals surface area (Å²) < 4.78 is 9.67. The number of carbonyl (C=O) groups is 2. The number of carbonyl (C=O) groups excluding carboxylic acids is 2. The summed E-state index contributed by atoms with van der Waals surface area (Å²) in [6.45, 7) is 3.66. The Kier molecular flexibility index (Phi) is 6.73. The number of ether oxygens (including phenoxy) is 2. The van der Waals surface area contributed by atoms with Gasteiger partial charge in [0.2, 0.25) is 0 Å². The van der Waals surface area contributed by atoms with Gasteiger partial charge in [0.05, 0.1) is 19.1 Å². The Morgan fingerprint density at radius 3 is 2.15 bits per heavy atom. The third-order valence-corrected chi connectivity index (χ3v) is 2.80. The SMILES string of the molecule is CCOC(=O)[C@@H](Cc1ccccc1)[C@@H](O)C(=O)OCC. The van der Waals surface area contributed by atoms with E-state index in [1.807, 2.05) is 30.3 Å².